The van der Waals surface area contributed by atoms with Gasteiger partial charge in [-0.1, -0.05) is 13.0 Å². The lowest BCUT2D eigenvalue weighted by molar-refractivity contribution is 0.632. The Morgan fingerprint density at radius 2 is 2.00 bits per heavy atom. The first kappa shape index (κ1) is 13.4. The van der Waals surface area contributed by atoms with Crippen LogP contribution in [-0.4, -0.2) is 11.3 Å². The number of nitrogens with two attached hydrogens (primary N) is 1. The topological polar surface area (TPSA) is 38.0 Å². The molecule has 1 rings (SSSR count). The largest absolute Gasteiger partial charge is 0.380 e. The number of rotatable bonds is 4. The van der Waals surface area contributed by atoms with Crippen molar-refractivity contribution in [3.63, 3.8) is 0 Å². The summed E-state index contributed by atoms with van der Waals surface area (Å²) in [5.41, 5.74) is 8.30. The van der Waals surface area contributed by atoms with Crippen LogP contribution in [0.4, 0.5) is 5.69 Å². The van der Waals surface area contributed by atoms with E-state index in [1.165, 1.54) is 10.5 Å². The molecule has 0 spiro atoms. The zero-order valence-electron chi connectivity index (χ0n) is 10.6. The lowest BCUT2D eigenvalue weighted by atomic mass is 10.1. The third-order valence-electron chi connectivity index (χ3n) is 2.15. The third-order valence-corrected chi connectivity index (χ3v) is 3.13. The van der Waals surface area contributed by atoms with E-state index in [1.54, 1.807) is 0 Å². The number of benzene rings is 1. The number of nitrogens with one attached hydrogen (secondary N) is 1. The van der Waals surface area contributed by atoms with Crippen LogP contribution in [0.25, 0.3) is 0 Å². The highest BCUT2D eigenvalue weighted by molar-refractivity contribution is 7.99. The molecule has 0 heterocycles. The molecule has 0 unspecified atom stereocenters. The van der Waals surface area contributed by atoms with Gasteiger partial charge in [-0.15, -0.1) is 11.8 Å². The Kier molecular flexibility index (Phi) is 4.69. The Hall–Kier alpha value is -0.670. The maximum atomic E-state index is 5.85. The van der Waals surface area contributed by atoms with Crippen molar-refractivity contribution in [3.8, 4) is 0 Å². The molecule has 16 heavy (non-hydrogen) atoms. The number of hydrogen-bond acceptors (Lipinski definition) is 3. The Morgan fingerprint density at radius 3 is 2.50 bits per heavy atom. The molecular formula is C13H22N2S. The number of anilines is 1. The van der Waals surface area contributed by atoms with Gasteiger partial charge in [0.1, 0.15) is 0 Å². The van der Waals surface area contributed by atoms with E-state index < -0.39 is 0 Å². The Balaban J connectivity index is 3.04. The van der Waals surface area contributed by atoms with Crippen molar-refractivity contribution in [1.82, 2.24) is 0 Å². The lowest BCUT2D eigenvalue weighted by Crippen LogP contribution is -2.27. The molecule has 1 aromatic rings. The van der Waals surface area contributed by atoms with Crippen molar-refractivity contribution >= 4 is 17.4 Å². The molecule has 3 N–H and O–H groups in total. The number of hydrogen-bond donors (Lipinski definition) is 2. The molecule has 0 bridgehead atoms. The molecule has 0 atom stereocenters. The van der Waals surface area contributed by atoms with Gasteiger partial charge in [0.15, 0.2) is 0 Å². The molecule has 0 saturated heterocycles. The summed E-state index contributed by atoms with van der Waals surface area (Å²) in [4.78, 5) is 1.29. The van der Waals surface area contributed by atoms with Crippen LogP contribution in [-0.2, 0) is 6.54 Å². The van der Waals surface area contributed by atoms with Crippen molar-refractivity contribution in [3.05, 3.63) is 23.8 Å². The third kappa shape index (κ3) is 3.72. The number of thioether (sulfide) groups is 1. The molecule has 0 aliphatic rings. The fourth-order valence-electron chi connectivity index (χ4n) is 1.59. The van der Waals surface area contributed by atoms with Crippen LogP contribution < -0.4 is 11.1 Å². The smallest absolute Gasteiger partial charge is 0.0401 e. The Labute approximate surface area is 103 Å². The van der Waals surface area contributed by atoms with Gasteiger partial charge in [-0.3, -0.25) is 0 Å². The van der Waals surface area contributed by atoms with Gasteiger partial charge in [-0.25, -0.2) is 0 Å². The Morgan fingerprint density at radius 1 is 1.31 bits per heavy atom. The second kappa shape index (κ2) is 5.60. The summed E-state index contributed by atoms with van der Waals surface area (Å²) < 4.78 is 0. The minimum atomic E-state index is 0.0689. The van der Waals surface area contributed by atoms with Crippen LogP contribution in [0, 0.1) is 0 Å². The molecular weight excluding hydrogens is 216 g/mol. The van der Waals surface area contributed by atoms with E-state index in [4.69, 9.17) is 5.73 Å². The monoisotopic (exact) mass is 238 g/mol. The van der Waals surface area contributed by atoms with Crippen molar-refractivity contribution in [1.29, 1.82) is 0 Å². The van der Waals surface area contributed by atoms with Crippen LogP contribution in [0.1, 0.15) is 33.3 Å². The van der Waals surface area contributed by atoms with Crippen LogP contribution in [0.5, 0.6) is 0 Å². The lowest BCUT2D eigenvalue weighted by Gasteiger charge is -2.25. The molecule has 2 nitrogen and oxygen atoms in total. The van der Waals surface area contributed by atoms with Gasteiger partial charge in [0, 0.05) is 28.2 Å². The summed E-state index contributed by atoms with van der Waals surface area (Å²) >= 11 is 1.85. The predicted molar refractivity (Wildman–Crippen MR) is 74.1 cm³/mol. The van der Waals surface area contributed by atoms with E-state index in [-0.39, 0.29) is 5.54 Å². The van der Waals surface area contributed by atoms with Crippen LogP contribution >= 0.6 is 11.8 Å². The molecule has 0 aromatic heterocycles. The van der Waals surface area contributed by atoms with Gasteiger partial charge >= 0.3 is 0 Å². The van der Waals surface area contributed by atoms with Crippen molar-refractivity contribution < 1.29 is 0 Å². The maximum Gasteiger partial charge on any atom is 0.0401 e. The van der Waals surface area contributed by atoms with E-state index >= 15 is 0 Å². The summed E-state index contributed by atoms with van der Waals surface area (Å²) in [6, 6.07) is 6.34. The predicted octanol–water partition coefficient (Wildman–Crippen LogP) is 3.47. The summed E-state index contributed by atoms with van der Waals surface area (Å²) in [6.45, 7) is 9.23. The second-order valence-electron chi connectivity index (χ2n) is 4.79. The van der Waals surface area contributed by atoms with E-state index in [9.17, 15) is 0 Å². The van der Waals surface area contributed by atoms with Crippen molar-refractivity contribution in [2.45, 2.75) is 44.7 Å². The van der Waals surface area contributed by atoms with Gasteiger partial charge in [0.05, 0.1) is 0 Å². The fourth-order valence-corrected chi connectivity index (χ4v) is 2.44. The van der Waals surface area contributed by atoms with E-state index in [0.717, 1.165) is 11.4 Å². The molecule has 0 fully saturated rings. The summed E-state index contributed by atoms with van der Waals surface area (Å²) in [7, 11) is 0. The normalized spacial score (nSPS) is 11.6. The first-order valence-electron chi connectivity index (χ1n) is 5.71. The highest BCUT2D eigenvalue weighted by Gasteiger charge is 2.13. The quantitative estimate of drug-likeness (QED) is 0.789. The SMILES string of the molecule is CCSc1cccc(NC(C)(C)C)c1CN. The molecule has 90 valence electrons. The summed E-state index contributed by atoms with van der Waals surface area (Å²) in [5.74, 6) is 1.08. The van der Waals surface area contributed by atoms with E-state index in [1.807, 2.05) is 11.8 Å². The molecule has 0 saturated carbocycles. The van der Waals surface area contributed by atoms with Crippen LogP contribution in [0.2, 0.25) is 0 Å². The molecule has 3 heteroatoms. The molecule has 0 radical (unpaired) electrons. The van der Waals surface area contributed by atoms with E-state index in [2.05, 4.69) is 51.2 Å². The zero-order valence-corrected chi connectivity index (χ0v) is 11.4. The van der Waals surface area contributed by atoms with Crippen molar-refractivity contribution in [2.75, 3.05) is 11.1 Å². The summed E-state index contributed by atoms with van der Waals surface area (Å²) in [6.07, 6.45) is 0. The standard InChI is InChI=1S/C13H22N2S/c1-5-16-12-8-6-7-11(10(12)9-14)15-13(2,3)4/h6-8,15H,5,9,14H2,1-4H3. The first-order valence-corrected chi connectivity index (χ1v) is 6.69. The van der Waals surface area contributed by atoms with Gasteiger partial charge in [0.2, 0.25) is 0 Å². The zero-order chi connectivity index (χ0) is 12.2. The van der Waals surface area contributed by atoms with Gasteiger partial charge in [0.25, 0.3) is 0 Å². The van der Waals surface area contributed by atoms with Crippen LogP contribution in [0.15, 0.2) is 23.1 Å². The molecule has 1 aromatic carbocycles. The average Bonchev–Trinajstić information content (AvgIpc) is 2.16. The van der Waals surface area contributed by atoms with Gasteiger partial charge < -0.3 is 11.1 Å². The molecule has 0 amide bonds. The highest BCUT2D eigenvalue weighted by atomic mass is 32.2. The Bertz CT molecular complexity index is 342. The van der Waals surface area contributed by atoms with E-state index in [0.29, 0.717) is 6.54 Å². The van der Waals surface area contributed by atoms with Gasteiger partial charge in [-0.05, 0) is 38.7 Å². The minimum absolute atomic E-state index is 0.0689. The molecule has 0 aliphatic carbocycles. The second-order valence-corrected chi connectivity index (χ2v) is 6.10. The average molecular weight is 238 g/mol. The highest BCUT2D eigenvalue weighted by Crippen LogP contribution is 2.29. The van der Waals surface area contributed by atoms with Crippen LogP contribution in [0.3, 0.4) is 0 Å². The van der Waals surface area contributed by atoms with Crippen molar-refractivity contribution in [2.24, 2.45) is 5.73 Å². The fraction of sp³-hybridized carbons (Fsp3) is 0.538. The minimum Gasteiger partial charge on any atom is -0.380 e. The van der Waals surface area contributed by atoms with Gasteiger partial charge in [-0.2, -0.15) is 0 Å². The maximum absolute atomic E-state index is 5.85. The first-order chi connectivity index (χ1) is 7.48. The molecule has 0 aliphatic heterocycles. The summed E-state index contributed by atoms with van der Waals surface area (Å²) in [5, 5.41) is 3.51.